The molecule has 0 spiro atoms. The van der Waals surface area contributed by atoms with E-state index in [4.69, 9.17) is 4.74 Å². The van der Waals surface area contributed by atoms with Crippen LogP contribution in [0.5, 0.6) is 5.75 Å². The molecule has 6 nitrogen and oxygen atoms in total. The van der Waals surface area contributed by atoms with Crippen molar-refractivity contribution in [2.75, 3.05) is 6.61 Å². The summed E-state index contributed by atoms with van der Waals surface area (Å²) in [5.41, 5.74) is 0.877. The summed E-state index contributed by atoms with van der Waals surface area (Å²) in [6.45, 7) is 0.561. The molecule has 1 aliphatic carbocycles. The number of hydrogen-bond donors (Lipinski definition) is 1. The van der Waals surface area contributed by atoms with Crippen LogP contribution in [0.4, 0.5) is 0 Å². The molecule has 2 heterocycles. The first-order valence-corrected chi connectivity index (χ1v) is 9.94. The third-order valence-corrected chi connectivity index (χ3v) is 7.48. The lowest BCUT2D eigenvalue weighted by molar-refractivity contribution is -0.141. The minimum Gasteiger partial charge on any atom is -0.493 e. The Bertz CT molecular complexity index is 775. The first kappa shape index (κ1) is 15.9. The van der Waals surface area contributed by atoms with E-state index in [0.717, 1.165) is 37.0 Å². The van der Waals surface area contributed by atoms with Gasteiger partial charge in [-0.05, 0) is 48.9 Å². The number of aliphatic carboxylic acids is 1. The molecule has 0 amide bonds. The van der Waals surface area contributed by atoms with Gasteiger partial charge in [0.2, 0.25) is 10.0 Å². The van der Waals surface area contributed by atoms with Crippen LogP contribution in [-0.4, -0.2) is 42.5 Å². The van der Waals surface area contributed by atoms with E-state index in [9.17, 15) is 18.3 Å². The molecule has 130 valence electrons. The summed E-state index contributed by atoms with van der Waals surface area (Å²) in [7, 11) is -3.83. The van der Waals surface area contributed by atoms with Crippen LogP contribution in [0.1, 0.15) is 37.7 Å². The van der Waals surface area contributed by atoms with Crippen molar-refractivity contribution in [3.8, 4) is 5.75 Å². The maximum Gasteiger partial charge on any atom is 0.322 e. The summed E-state index contributed by atoms with van der Waals surface area (Å²) in [6, 6.07) is 3.72. The second kappa shape index (κ2) is 5.74. The number of carbonyl (C=O) groups is 1. The van der Waals surface area contributed by atoms with Crippen molar-refractivity contribution in [1.82, 2.24) is 4.31 Å². The first-order chi connectivity index (χ1) is 11.5. The number of hydrogen-bond acceptors (Lipinski definition) is 4. The lowest BCUT2D eigenvalue weighted by Gasteiger charge is -2.32. The van der Waals surface area contributed by atoms with Crippen molar-refractivity contribution in [3.05, 3.63) is 23.8 Å². The van der Waals surface area contributed by atoms with Gasteiger partial charge >= 0.3 is 5.97 Å². The summed E-state index contributed by atoms with van der Waals surface area (Å²) in [5.74, 6) is -0.162. The lowest BCUT2D eigenvalue weighted by Crippen LogP contribution is -2.46. The number of nitrogens with zero attached hydrogens (tertiary/aromatic N) is 1. The zero-order chi connectivity index (χ0) is 16.9. The second-order valence-corrected chi connectivity index (χ2v) is 8.75. The molecular formula is C17H21NO5S. The van der Waals surface area contributed by atoms with E-state index in [0.29, 0.717) is 19.4 Å². The zero-order valence-electron chi connectivity index (χ0n) is 13.3. The molecular weight excluding hydrogens is 330 g/mol. The van der Waals surface area contributed by atoms with Crippen molar-refractivity contribution < 1.29 is 23.1 Å². The van der Waals surface area contributed by atoms with Crippen LogP contribution in [0.2, 0.25) is 0 Å². The van der Waals surface area contributed by atoms with Gasteiger partial charge in [-0.25, -0.2) is 8.42 Å². The predicted octanol–water partition coefficient (Wildman–Crippen LogP) is 2.03. The molecule has 0 bridgehead atoms. The number of sulfonamides is 1. The summed E-state index contributed by atoms with van der Waals surface area (Å²) < 4.78 is 33.2. The van der Waals surface area contributed by atoms with E-state index < -0.39 is 22.0 Å². The van der Waals surface area contributed by atoms with Crippen LogP contribution in [0.25, 0.3) is 0 Å². The molecule has 1 aromatic carbocycles. The monoisotopic (exact) mass is 351 g/mol. The molecule has 0 aromatic heterocycles. The van der Waals surface area contributed by atoms with E-state index in [2.05, 4.69) is 0 Å². The van der Waals surface area contributed by atoms with E-state index >= 15 is 0 Å². The molecule has 1 aromatic rings. The topological polar surface area (TPSA) is 83.9 Å². The van der Waals surface area contributed by atoms with Crippen molar-refractivity contribution in [3.63, 3.8) is 0 Å². The Morgan fingerprint density at radius 2 is 2.04 bits per heavy atom. The van der Waals surface area contributed by atoms with Crippen molar-refractivity contribution in [2.24, 2.45) is 5.92 Å². The lowest BCUT2D eigenvalue weighted by atomic mass is 9.85. The molecule has 1 N–H and O–H groups in total. The standard InChI is InChI=1S/C17H21NO5S/c19-17(20)15-10-11-3-1-2-4-14(11)18(15)24(21,22)13-5-6-16-12(9-13)7-8-23-16/h5-6,9,11,14-15H,1-4,7-8,10H2,(H,19,20). The smallest absolute Gasteiger partial charge is 0.322 e. The van der Waals surface area contributed by atoms with E-state index in [-0.39, 0.29) is 16.9 Å². The highest BCUT2D eigenvalue weighted by Crippen LogP contribution is 2.43. The quantitative estimate of drug-likeness (QED) is 0.901. The van der Waals surface area contributed by atoms with Crippen LogP contribution in [0.3, 0.4) is 0 Å². The van der Waals surface area contributed by atoms with E-state index in [1.54, 1.807) is 12.1 Å². The first-order valence-electron chi connectivity index (χ1n) is 8.50. The van der Waals surface area contributed by atoms with Crippen LogP contribution in [0, 0.1) is 5.92 Å². The van der Waals surface area contributed by atoms with Crippen molar-refractivity contribution in [1.29, 1.82) is 0 Å². The average molecular weight is 351 g/mol. The number of benzene rings is 1. The fraction of sp³-hybridized carbons (Fsp3) is 0.588. The molecule has 7 heteroatoms. The average Bonchev–Trinajstić information content (AvgIpc) is 3.18. The number of carboxylic acids is 1. The summed E-state index contributed by atoms with van der Waals surface area (Å²) >= 11 is 0. The summed E-state index contributed by atoms with van der Waals surface area (Å²) in [4.78, 5) is 11.9. The minimum absolute atomic E-state index is 0.160. The molecule has 2 fully saturated rings. The van der Waals surface area contributed by atoms with Gasteiger partial charge in [-0.2, -0.15) is 4.31 Å². The Hall–Kier alpha value is -1.60. The molecule has 3 unspecified atom stereocenters. The van der Waals surface area contributed by atoms with E-state index in [1.807, 2.05) is 0 Å². The Morgan fingerprint density at radius 3 is 2.83 bits per heavy atom. The Morgan fingerprint density at radius 1 is 1.25 bits per heavy atom. The van der Waals surface area contributed by atoms with Crippen molar-refractivity contribution in [2.45, 2.75) is 55.5 Å². The predicted molar refractivity (Wildman–Crippen MR) is 86.5 cm³/mol. The molecule has 1 saturated heterocycles. The van der Waals surface area contributed by atoms with Gasteiger partial charge in [-0.3, -0.25) is 4.79 Å². The summed E-state index contributed by atoms with van der Waals surface area (Å²) in [6.07, 6.45) is 4.79. The van der Waals surface area contributed by atoms with Crippen LogP contribution < -0.4 is 4.74 Å². The molecule has 0 radical (unpaired) electrons. The Labute approximate surface area is 141 Å². The second-order valence-electron chi connectivity index (χ2n) is 6.90. The normalized spacial score (nSPS) is 29.8. The molecule has 3 atom stereocenters. The van der Waals surface area contributed by atoms with Crippen LogP contribution in [-0.2, 0) is 21.2 Å². The zero-order valence-corrected chi connectivity index (χ0v) is 14.2. The molecule has 3 aliphatic rings. The van der Waals surface area contributed by atoms with Crippen LogP contribution in [0.15, 0.2) is 23.1 Å². The SMILES string of the molecule is O=C(O)C1CC2CCCCC2N1S(=O)(=O)c1ccc2c(c1)CCO2. The number of rotatable bonds is 3. The number of ether oxygens (including phenoxy) is 1. The van der Waals surface area contributed by atoms with Gasteiger partial charge in [0.1, 0.15) is 11.8 Å². The minimum atomic E-state index is -3.83. The highest BCUT2D eigenvalue weighted by molar-refractivity contribution is 7.89. The maximum atomic E-state index is 13.2. The summed E-state index contributed by atoms with van der Waals surface area (Å²) in [5, 5.41) is 9.57. The maximum absolute atomic E-state index is 13.2. The highest BCUT2D eigenvalue weighted by Gasteiger charge is 2.51. The Balaban J connectivity index is 1.74. The van der Waals surface area contributed by atoms with Gasteiger partial charge in [0, 0.05) is 12.5 Å². The molecule has 24 heavy (non-hydrogen) atoms. The fourth-order valence-electron chi connectivity index (χ4n) is 4.42. The van der Waals surface area contributed by atoms with Crippen molar-refractivity contribution >= 4 is 16.0 Å². The third-order valence-electron chi connectivity index (χ3n) is 5.55. The molecule has 2 aliphatic heterocycles. The van der Waals surface area contributed by atoms with Gasteiger partial charge in [-0.1, -0.05) is 12.8 Å². The van der Waals surface area contributed by atoms with E-state index in [1.165, 1.54) is 10.4 Å². The van der Waals surface area contributed by atoms with Crippen LogP contribution >= 0.6 is 0 Å². The van der Waals surface area contributed by atoms with Gasteiger partial charge in [0.05, 0.1) is 11.5 Å². The molecule has 1 saturated carbocycles. The fourth-order valence-corrected chi connectivity index (χ4v) is 6.34. The van der Waals surface area contributed by atoms with Gasteiger partial charge < -0.3 is 9.84 Å². The van der Waals surface area contributed by atoms with Gasteiger partial charge in [0.25, 0.3) is 0 Å². The number of carboxylic acid groups (broad SMARTS) is 1. The Kier molecular flexibility index (Phi) is 3.80. The highest BCUT2D eigenvalue weighted by atomic mass is 32.2. The largest absolute Gasteiger partial charge is 0.493 e. The third kappa shape index (κ3) is 2.41. The number of fused-ring (bicyclic) bond motifs is 2. The van der Waals surface area contributed by atoms with Gasteiger partial charge in [-0.15, -0.1) is 0 Å². The molecule has 4 rings (SSSR count). The van der Waals surface area contributed by atoms with Gasteiger partial charge in [0.15, 0.2) is 0 Å².